The number of para-hydroxylation sites is 1. The number of hydrogen-bond donors (Lipinski definition) is 2. The summed E-state index contributed by atoms with van der Waals surface area (Å²) in [6, 6.07) is 13.8. The van der Waals surface area contributed by atoms with Crippen molar-refractivity contribution in [3.63, 3.8) is 0 Å². The summed E-state index contributed by atoms with van der Waals surface area (Å²) in [6.07, 6.45) is 1.08. The standard InChI is InChI=1S/C16H16ClNOS/c17-12-5-6-16-13(9-12)14(7-8-20-16)18-10-11-3-1-2-4-15(11)19/h1-6,9,14,18-19H,7-8,10H2. The molecule has 1 atom stereocenters. The number of thioether (sulfide) groups is 1. The third-order valence-corrected chi connectivity index (χ3v) is 4.90. The third-order valence-electron chi connectivity index (χ3n) is 3.54. The maximum Gasteiger partial charge on any atom is 0.120 e. The van der Waals surface area contributed by atoms with Gasteiger partial charge in [0.2, 0.25) is 0 Å². The third kappa shape index (κ3) is 2.95. The molecule has 4 heteroatoms. The predicted molar refractivity (Wildman–Crippen MR) is 84.5 cm³/mol. The van der Waals surface area contributed by atoms with E-state index in [1.165, 1.54) is 10.5 Å². The van der Waals surface area contributed by atoms with Crippen LogP contribution in [0.15, 0.2) is 47.4 Å². The zero-order chi connectivity index (χ0) is 13.9. The van der Waals surface area contributed by atoms with Crippen LogP contribution in [0.5, 0.6) is 5.75 Å². The molecule has 0 aliphatic carbocycles. The fourth-order valence-electron chi connectivity index (χ4n) is 2.47. The number of phenols is 1. The van der Waals surface area contributed by atoms with Crippen LogP contribution >= 0.6 is 23.4 Å². The van der Waals surface area contributed by atoms with Gasteiger partial charge in [0.1, 0.15) is 5.75 Å². The van der Waals surface area contributed by atoms with E-state index in [1.807, 2.05) is 42.1 Å². The zero-order valence-corrected chi connectivity index (χ0v) is 12.5. The molecule has 2 N–H and O–H groups in total. The number of hydrogen-bond acceptors (Lipinski definition) is 3. The summed E-state index contributed by atoms with van der Waals surface area (Å²) >= 11 is 7.99. The van der Waals surface area contributed by atoms with Gasteiger partial charge in [0.05, 0.1) is 0 Å². The van der Waals surface area contributed by atoms with Crippen molar-refractivity contribution < 1.29 is 5.11 Å². The van der Waals surface area contributed by atoms with E-state index in [0.717, 1.165) is 22.8 Å². The van der Waals surface area contributed by atoms with Crippen LogP contribution in [0.1, 0.15) is 23.6 Å². The second-order valence-electron chi connectivity index (χ2n) is 4.88. The number of aromatic hydroxyl groups is 1. The molecule has 3 rings (SSSR count). The molecular formula is C16H16ClNOS. The van der Waals surface area contributed by atoms with E-state index in [-0.39, 0.29) is 0 Å². The van der Waals surface area contributed by atoms with Gasteiger partial charge in [-0.3, -0.25) is 0 Å². The summed E-state index contributed by atoms with van der Waals surface area (Å²) in [5.41, 5.74) is 2.19. The lowest BCUT2D eigenvalue weighted by Crippen LogP contribution is -2.24. The van der Waals surface area contributed by atoms with Gasteiger partial charge < -0.3 is 10.4 Å². The van der Waals surface area contributed by atoms with Crippen LogP contribution in [0, 0.1) is 0 Å². The molecule has 0 aromatic heterocycles. The largest absolute Gasteiger partial charge is 0.508 e. The first-order chi connectivity index (χ1) is 9.74. The van der Waals surface area contributed by atoms with Crippen molar-refractivity contribution in [3.8, 4) is 5.75 Å². The normalized spacial score (nSPS) is 17.8. The average Bonchev–Trinajstić information content (AvgIpc) is 2.46. The van der Waals surface area contributed by atoms with E-state index in [4.69, 9.17) is 11.6 Å². The van der Waals surface area contributed by atoms with E-state index in [0.29, 0.717) is 18.3 Å². The molecule has 1 aliphatic rings. The van der Waals surface area contributed by atoms with Gasteiger partial charge in [-0.2, -0.15) is 0 Å². The lowest BCUT2D eigenvalue weighted by molar-refractivity contribution is 0.453. The molecule has 1 aliphatic heterocycles. The van der Waals surface area contributed by atoms with E-state index in [2.05, 4.69) is 11.4 Å². The fourth-order valence-corrected chi connectivity index (χ4v) is 3.76. The minimum atomic E-state index is 0.296. The number of fused-ring (bicyclic) bond motifs is 1. The molecule has 20 heavy (non-hydrogen) atoms. The number of nitrogens with one attached hydrogen (secondary N) is 1. The van der Waals surface area contributed by atoms with Gasteiger partial charge in [0, 0.05) is 28.1 Å². The second kappa shape index (κ2) is 6.08. The minimum Gasteiger partial charge on any atom is -0.508 e. The molecule has 1 unspecified atom stereocenters. The summed E-state index contributed by atoms with van der Waals surface area (Å²) in [5, 5.41) is 14.1. The Kier molecular flexibility index (Phi) is 4.20. The Morgan fingerprint density at radius 2 is 2.10 bits per heavy atom. The van der Waals surface area contributed by atoms with Crippen molar-refractivity contribution in [2.75, 3.05) is 5.75 Å². The van der Waals surface area contributed by atoms with Crippen molar-refractivity contribution in [3.05, 3.63) is 58.6 Å². The monoisotopic (exact) mass is 305 g/mol. The molecule has 0 bridgehead atoms. The molecule has 0 saturated heterocycles. The van der Waals surface area contributed by atoms with E-state index < -0.39 is 0 Å². The highest BCUT2D eigenvalue weighted by Gasteiger charge is 2.20. The zero-order valence-electron chi connectivity index (χ0n) is 11.0. The fraction of sp³-hybridized carbons (Fsp3) is 0.250. The Labute approximate surface area is 128 Å². The molecule has 0 saturated carbocycles. The summed E-state index contributed by atoms with van der Waals surface area (Å²) in [7, 11) is 0. The van der Waals surface area contributed by atoms with Crippen molar-refractivity contribution in [2.24, 2.45) is 0 Å². The van der Waals surface area contributed by atoms with Crippen LogP contribution in [-0.4, -0.2) is 10.9 Å². The lowest BCUT2D eigenvalue weighted by Gasteiger charge is -2.26. The van der Waals surface area contributed by atoms with Crippen LogP contribution < -0.4 is 5.32 Å². The van der Waals surface area contributed by atoms with Crippen LogP contribution in [0.4, 0.5) is 0 Å². The molecule has 2 nitrogen and oxygen atoms in total. The van der Waals surface area contributed by atoms with Crippen molar-refractivity contribution >= 4 is 23.4 Å². The molecule has 2 aromatic rings. The van der Waals surface area contributed by atoms with Gasteiger partial charge in [0.25, 0.3) is 0 Å². The Balaban J connectivity index is 1.77. The summed E-state index contributed by atoms with van der Waals surface area (Å²) in [6.45, 7) is 0.661. The number of benzene rings is 2. The predicted octanol–water partition coefficient (Wildman–Crippen LogP) is 4.37. The van der Waals surface area contributed by atoms with Crippen molar-refractivity contribution in [1.29, 1.82) is 0 Å². The molecule has 0 radical (unpaired) electrons. The van der Waals surface area contributed by atoms with Gasteiger partial charge in [-0.05, 0) is 42.0 Å². The van der Waals surface area contributed by atoms with Crippen molar-refractivity contribution in [2.45, 2.75) is 23.9 Å². The van der Waals surface area contributed by atoms with Gasteiger partial charge in [-0.15, -0.1) is 11.8 Å². The SMILES string of the molecule is Oc1ccccc1CNC1CCSc2ccc(Cl)cc21. The van der Waals surface area contributed by atoms with E-state index in [9.17, 15) is 5.11 Å². The summed E-state index contributed by atoms with van der Waals surface area (Å²) < 4.78 is 0. The number of phenolic OH excluding ortho intramolecular Hbond substituents is 1. The second-order valence-corrected chi connectivity index (χ2v) is 6.45. The molecule has 104 valence electrons. The molecule has 1 heterocycles. The first-order valence-corrected chi connectivity index (χ1v) is 8.03. The molecule has 2 aromatic carbocycles. The van der Waals surface area contributed by atoms with Gasteiger partial charge >= 0.3 is 0 Å². The molecule has 0 spiro atoms. The Morgan fingerprint density at radius 1 is 1.25 bits per heavy atom. The summed E-state index contributed by atoms with van der Waals surface area (Å²) in [5.74, 6) is 1.45. The highest BCUT2D eigenvalue weighted by Crippen LogP contribution is 2.37. The quantitative estimate of drug-likeness (QED) is 0.883. The highest BCUT2D eigenvalue weighted by atomic mass is 35.5. The van der Waals surface area contributed by atoms with Gasteiger partial charge in [0.15, 0.2) is 0 Å². The number of rotatable bonds is 3. The van der Waals surface area contributed by atoms with E-state index >= 15 is 0 Å². The summed E-state index contributed by atoms with van der Waals surface area (Å²) in [4.78, 5) is 1.30. The maximum atomic E-state index is 9.81. The Morgan fingerprint density at radius 3 is 2.95 bits per heavy atom. The molecule has 0 amide bonds. The molecular weight excluding hydrogens is 290 g/mol. The van der Waals surface area contributed by atoms with Crippen molar-refractivity contribution in [1.82, 2.24) is 5.32 Å². The Bertz CT molecular complexity index is 617. The lowest BCUT2D eigenvalue weighted by atomic mass is 10.0. The van der Waals surface area contributed by atoms with E-state index in [1.54, 1.807) is 6.07 Å². The smallest absolute Gasteiger partial charge is 0.120 e. The van der Waals surface area contributed by atoms with Crippen LogP contribution in [0.3, 0.4) is 0 Å². The Hall–Kier alpha value is -1.16. The minimum absolute atomic E-state index is 0.296. The topological polar surface area (TPSA) is 32.3 Å². The first-order valence-electron chi connectivity index (χ1n) is 6.66. The molecule has 0 fully saturated rings. The van der Waals surface area contributed by atoms with Gasteiger partial charge in [-0.1, -0.05) is 29.8 Å². The van der Waals surface area contributed by atoms with Crippen LogP contribution in [0.25, 0.3) is 0 Å². The van der Waals surface area contributed by atoms with Crippen LogP contribution in [0.2, 0.25) is 5.02 Å². The number of halogens is 1. The highest BCUT2D eigenvalue weighted by molar-refractivity contribution is 7.99. The van der Waals surface area contributed by atoms with Crippen LogP contribution in [-0.2, 0) is 6.54 Å². The first kappa shape index (κ1) is 13.8. The van der Waals surface area contributed by atoms with Gasteiger partial charge in [-0.25, -0.2) is 0 Å². The average molecular weight is 306 g/mol. The maximum absolute atomic E-state index is 9.81.